The molecule has 4 rings (SSSR count). The molecule has 410 valence electrons. The molecule has 3 aliphatic heterocycles. The summed E-state index contributed by atoms with van der Waals surface area (Å²) in [5, 5.41) is 64.8. The van der Waals surface area contributed by atoms with E-state index in [1.165, 1.54) is 26.2 Å². The van der Waals surface area contributed by atoms with Gasteiger partial charge in [0.1, 0.15) is 36.7 Å². The van der Waals surface area contributed by atoms with E-state index in [9.17, 15) is 47.9 Å². The number of rotatable bonds is 15. The molecule has 7 N–H and O–H groups in total. The topological polar surface area (TPSA) is 255 Å². The monoisotopic (exact) mass is 1030 g/mol. The van der Waals surface area contributed by atoms with E-state index in [4.69, 9.17) is 28.4 Å². The number of amides is 2. The van der Waals surface area contributed by atoms with Crippen LogP contribution in [-0.4, -0.2) is 206 Å². The molecule has 2 amide bonds. The number of sulfone groups is 1. The fourth-order valence-electron chi connectivity index (χ4n) is 10.7. The molecule has 3 fully saturated rings. The minimum atomic E-state index is -3.40. The van der Waals surface area contributed by atoms with Crippen molar-refractivity contribution in [1.29, 1.82) is 0 Å². The van der Waals surface area contributed by atoms with Crippen LogP contribution in [-0.2, 0) is 49.5 Å². The third kappa shape index (κ3) is 15.5. The fraction of sp³-hybridized carbons (Fsp3) is 0.840. The number of urea groups is 1. The van der Waals surface area contributed by atoms with Gasteiger partial charge < -0.3 is 69.5 Å². The SMILES string of the molecule is CC[C@H]1OC(=O)[C@H](C)[C@@H](O[C@H]2C[C@@](C)(OC)[C@@H](O)[C@H](C)O2)[C@H](C)[C@@H](O[C@@H]2O[C@H](C)C[C@H](N(C)CCNC(=O)N[C@H](CF)Cc3ccc(S(C)(=O)=O)cc3)[C@H]2O)[C@](C)(O)C[C@@H](C)CN(C)[C@H](C)[C@@H](O)[C@]1(C)O. The molecular weight excluding hydrogens is 948 g/mol. The van der Waals surface area contributed by atoms with E-state index in [1.54, 1.807) is 74.7 Å². The van der Waals surface area contributed by atoms with Gasteiger partial charge in [0.15, 0.2) is 22.4 Å². The standard InChI is InChI=1S/C50H87FN4O15S/c1-15-38-50(10,62)42(57)32(6)55(12)27-28(2)24-48(8,61)44(30(4)41(31(5)45(59)68-38)69-39-25-49(9,65-13)43(58)33(7)67-39)70-46-40(56)37(22-29(3)66-46)54(11)21-20-52-47(60)53-35(26-51)23-34-16-18-36(19-17-34)71(14,63)64/h16-19,28-33,35,37-44,46,56-58,61-62H,15,20-27H2,1-14H3,(H2,52,53,60)/t28-,29-,30+,31-,32-,33+,35+,37+,38-,39+,40-,41+,42-,43+,44-,46+,48-,49-,50-/m1/s1. The third-order valence-electron chi connectivity index (χ3n) is 15.2. The maximum atomic E-state index is 14.4. The minimum absolute atomic E-state index is 0.0634. The van der Waals surface area contributed by atoms with Gasteiger partial charge in [-0.1, -0.05) is 32.9 Å². The van der Waals surface area contributed by atoms with Gasteiger partial charge in [0.2, 0.25) is 0 Å². The highest BCUT2D eigenvalue weighted by Gasteiger charge is 2.53. The van der Waals surface area contributed by atoms with Crippen LogP contribution in [0.25, 0.3) is 0 Å². The number of likely N-dealkylation sites (N-methyl/N-ethyl adjacent to an activating group) is 2. The highest BCUT2D eigenvalue weighted by Crippen LogP contribution is 2.40. The first-order valence-corrected chi connectivity index (χ1v) is 27.0. The van der Waals surface area contributed by atoms with Crippen LogP contribution < -0.4 is 10.6 Å². The van der Waals surface area contributed by atoms with Crippen LogP contribution in [0, 0.1) is 17.8 Å². The van der Waals surface area contributed by atoms with Gasteiger partial charge in [-0.15, -0.1) is 0 Å². The fourth-order valence-corrected chi connectivity index (χ4v) is 11.3. The molecule has 0 radical (unpaired) electrons. The maximum Gasteiger partial charge on any atom is 0.315 e. The quantitative estimate of drug-likeness (QED) is 0.125. The first kappa shape index (κ1) is 60.9. The molecule has 1 aromatic rings. The number of benzene rings is 1. The van der Waals surface area contributed by atoms with Crippen LogP contribution in [0.5, 0.6) is 0 Å². The highest BCUT2D eigenvalue weighted by molar-refractivity contribution is 7.90. The molecule has 0 saturated carbocycles. The Bertz CT molecular complexity index is 1970. The summed E-state index contributed by atoms with van der Waals surface area (Å²) in [6, 6.07) is 3.39. The number of carbonyl (C=O) groups is 2. The molecule has 0 aliphatic carbocycles. The van der Waals surface area contributed by atoms with Gasteiger partial charge in [0.05, 0.1) is 52.5 Å². The van der Waals surface area contributed by atoms with Gasteiger partial charge in [-0.3, -0.25) is 9.69 Å². The summed E-state index contributed by atoms with van der Waals surface area (Å²) < 4.78 is 75.7. The average Bonchev–Trinajstić information content (AvgIpc) is 3.29. The van der Waals surface area contributed by atoms with Crippen molar-refractivity contribution >= 4 is 21.8 Å². The predicted molar refractivity (Wildman–Crippen MR) is 263 cm³/mol. The van der Waals surface area contributed by atoms with Crippen molar-refractivity contribution in [3.63, 3.8) is 0 Å². The third-order valence-corrected chi connectivity index (χ3v) is 16.3. The molecular formula is C50H87FN4O15S. The van der Waals surface area contributed by atoms with Crippen molar-refractivity contribution in [3.05, 3.63) is 29.8 Å². The Labute approximate surface area is 421 Å². The van der Waals surface area contributed by atoms with E-state index in [0.29, 0.717) is 18.5 Å². The van der Waals surface area contributed by atoms with Crippen LogP contribution in [0.3, 0.4) is 0 Å². The van der Waals surface area contributed by atoms with Crippen molar-refractivity contribution in [2.75, 3.05) is 53.8 Å². The van der Waals surface area contributed by atoms with Gasteiger partial charge in [-0.2, -0.15) is 0 Å². The Kier molecular flexibility index (Phi) is 21.7. The number of hydrogen-bond donors (Lipinski definition) is 7. The molecule has 71 heavy (non-hydrogen) atoms. The average molecular weight is 1040 g/mol. The zero-order valence-corrected chi connectivity index (χ0v) is 45.2. The number of aliphatic hydroxyl groups excluding tert-OH is 3. The maximum absolute atomic E-state index is 14.4. The van der Waals surface area contributed by atoms with Gasteiger partial charge >= 0.3 is 12.0 Å². The summed E-state index contributed by atoms with van der Waals surface area (Å²) in [6.45, 7) is 17.0. The second kappa shape index (κ2) is 25.3. The van der Waals surface area contributed by atoms with E-state index in [2.05, 4.69) is 10.6 Å². The number of hydrogen-bond acceptors (Lipinski definition) is 17. The molecule has 0 bridgehead atoms. The largest absolute Gasteiger partial charge is 0.459 e. The van der Waals surface area contributed by atoms with Crippen LogP contribution >= 0.6 is 0 Å². The Morgan fingerprint density at radius 2 is 1.63 bits per heavy atom. The molecule has 3 saturated heterocycles. The lowest BCUT2D eigenvalue weighted by molar-refractivity contribution is -0.318. The molecule has 3 heterocycles. The number of ether oxygens (including phenoxy) is 6. The van der Waals surface area contributed by atoms with Gasteiger partial charge in [0.25, 0.3) is 0 Å². The Balaban J connectivity index is 1.62. The summed E-state index contributed by atoms with van der Waals surface area (Å²) in [5.41, 5.74) is -4.01. The summed E-state index contributed by atoms with van der Waals surface area (Å²) in [4.78, 5) is 31.2. The number of carbonyl (C=O) groups excluding carboxylic acids is 2. The first-order chi connectivity index (χ1) is 32.9. The second-order valence-electron chi connectivity index (χ2n) is 21.6. The Hall–Kier alpha value is -2.64. The van der Waals surface area contributed by atoms with Crippen molar-refractivity contribution < 1.29 is 76.4 Å². The number of cyclic esters (lactones) is 1. The molecule has 3 aliphatic rings. The number of nitrogens with zero attached hydrogens (tertiary/aromatic N) is 2. The number of methoxy groups -OCH3 is 1. The van der Waals surface area contributed by atoms with Crippen molar-refractivity contribution in [3.8, 4) is 0 Å². The number of aliphatic hydroxyl groups is 5. The molecule has 1 aromatic carbocycles. The number of halogens is 1. The van der Waals surface area contributed by atoms with Crippen LogP contribution in [0.2, 0.25) is 0 Å². The summed E-state index contributed by atoms with van der Waals surface area (Å²) in [7, 11) is 1.66. The summed E-state index contributed by atoms with van der Waals surface area (Å²) in [5.74, 6) is -2.98. The van der Waals surface area contributed by atoms with Crippen LogP contribution in [0.4, 0.5) is 9.18 Å². The zero-order chi connectivity index (χ0) is 53.6. The molecule has 0 aromatic heterocycles. The Morgan fingerprint density at radius 1 is 1.00 bits per heavy atom. The molecule has 21 heteroatoms. The number of esters is 1. The first-order valence-electron chi connectivity index (χ1n) is 25.1. The summed E-state index contributed by atoms with van der Waals surface area (Å²) in [6.07, 6.45) is -8.67. The van der Waals surface area contributed by atoms with Crippen molar-refractivity contribution in [1.82, 2.24) is 20.4 Å². The zero-order valence-electron chi connectivity index (χ0n) is 44.4. The van der Waals surface area contributed by atoms with Crippen LogP contribution in [0.15, 0.2) is 29.2 Å². The smallest absolute Gasteiger partial charge is 0.315 e. The van der Waals surface area contributed by atoms with Gasteiger partial charge in [-0.05, 0) is 112 Å². The molecule has 0 spiro atoms. The molecule has 19 nitrogen and oxygen atoms in total. The van der Waals surface area contributed by atoms with E-state index in [-0.39, 0.29) is 49.6 Å². The minimum Gasteiger partial charge on any atom is -0.459 e. The Morgan fingerprint density at radius 3 is 2.21 bits per heavy atom. The van der Waals surface area contributed by atoms with Crippen molar-refractivity contribution in [2.45, 2.75) is 203 Å². The van der Waals surface area contributed by atoms with Gasteiger partial charge in [0, 0.05) is 57.4 Å². The van der Waals surface area contributed by atoms with E-state index in [1.807, 2.05) is 23.6 Å². The van der Waals surface area contributed by atoms with Crippen LogP contribution in [0.1, 0.15) is 100 Å². The summed E-state index contributed by atoms with van der Waals surface area (Å²) >= 11 is 0. The highest BCUT2D eigenvalue weighted by atomic mass is 32.2. The number of alkyl halides is 1. The van der Waals surface area contributed by atoms with E-state index < -0.39 is 137 Å². The lowest BCUT2D eigenvalue weighted by Crippen LogP contribution is -2.61. The van der Waals surface area contributed by atoms with E-state index in [0.717, 1.165) is 6.26 Å². The second-order valence-corrected chi connectivity index (χ2v) is 23.6. The molecule has 19 atom stereocenters. The number of nitrogens with one attached hydrogen (secondary N) is 2. The lowest BCUT2D eigenvalue weighted by atomic mass is 9.77. The normalized spacial score (nSPS) is 40.0. The van der Waals surface area contributed by atoms with Gasteiger partial charge in [-0.25, -0.2) is 17.6 Å². The molecule has 0 unspecified atom stereocenters. The predicted octanol–water partition coefficient (Wildman–Crippen LogP) is 2.55. The lowest BCUT2D eigenvalue weighted by Gasteiger charge is -2.49. The van der Waals surface area contributed by atoms with E-state index >= 15 is 0 Å². The van der Waals surface area contributed by atoms with Crippen molar-refractivity contribution in [2.24, 2.45) is 17.8 Å².